The van der Waals surface area contributed by atoms with Crippen LogP contribution in [0.3, 0.4) is 0 Å². The molecule has 3 N–H and O–H groups in total. The van der Waals surface area contributed by atoms with E-state index in [0.29, 0.717) is 12.0 Å². The molecule has 2 rings (SSSR count). The van der Waals surface area contributed by atoms with Crippen LogP contribution in [-0.4, -0.2) is 11.9 Å². The molecule has 3 nitrogen and oxygen atoms in total. The largest absolute Gasteiger partial charge is 0.490 e. The van der Waals surface area contributed by atoms with Crippen molar-refractivity contribution in [2.45, 2.75) is 45.1 Å². The predicted octanol–water partition coefficient (Wildman–Crippen LogP) is 3.32. The SMILES string of the molecule is CCC1CCCCC1Oc1cccc(C(=N)N)c1. The van der Waals surface area contributed by atoms with Gasteiger partial charge in [-0.1, -0.05) is 25.5 Å². The van der Waals surface area contributed by atoms with Gasteiger partial charge in [-0.3, -0.25) is 5.41 Å². The van der Waals surface area contributed by atoms with Crippen LogP contribution in [-0.2, 0) is 0 Å². The van der Waals surface area contributed by atoms with Crippen LogP contribution in [0.15, 0.2) is 24.3 Å². The second kappa shape index (κ2) is 5.89. The number of nitrogen functional groups attached to an aromatic ring is 1. The summed E-state index contributed by atoms with van der Waals surface area (Å²) in [5.41, 5.74) is 6.23. The zero-order valence-electron chi connectivity index (χ0n) is 11.0. The van der Waals surface area contributed by atoms with Crippen molar-refractivity contribution in [3.63, 3.8) is 0 Å². The molecule has 0 radical (unpaired) electrons. The van der Waals surface area contributed by atoms with Crippen LogP contribution in [0.2, 0.25) is 0 Å². The van der Waals surface area contributed by atoms with Crippen LogP contribution >= 0.6 is 0 Å². The Balaban J connectivity index is 2.07. The van der Waals surface area contributed by atoms with Crippen LogP contribution in [0.1, 0.15) is 44.6 Å². The smallest absolute Gasteiger partial charge is 0.122 e. The van der Waals surface area contributed by atoms with Gasteiger partial charge in [-0.2, -0.15) is 0 Å². The van der Waals surface area contributed by atoms with E-state index >= 15 is 0 Å². The fourth-order valence-electron chi connectivity index (χ4n) is 2.71. The lowest BCUT2D eigenvalue weighted by Gasteiger charge is -2.31. The van der Waals surface area contributed by atoms with Crippen LogP contribution < -0.4 is 10.5 Å². The second-order valence-electron chi connectivity index (χ2n) is 5.05. The van der Waals surface area contributed by atoms with Crippen molar-refractivity contribution in [1.82, 2.24) is 0 Å². The Labute approximate surface area is 109 Å². The molecule has 0 spiro atoms. The molecule has 2 atom stereocenters. The van der Waals surface area contributed by atoms with Crippen molar-refractivity contribution >= 4 is 5.84 Å². The summed E-state index contributed by atoms with van der Waals surface area (Å²) in [5, 5.41) is 7.45. The van der Waals surface area contributed by atoms with E-state index in [9.17, 15) is 0 Å². The molecule has 0 bridgehead atoms. The van der Waals surface area contributed by atoms with E-state index in [4.69, 9.17) is 15.9 Å². The minimum absolute atomic E-state index is 0.0936. The summed E-state index contributed by atoms with van der Waals surface area (Å²) in [6, 6.07) is 7.56. The molecule has 0 amide bonds. The third kappa shape index (κ3) is 3.03. The number of nitrogens with one attached hydrogen (secondary N) is 1. The lowest BCUT2D eigenvalue weighted by atomic mass is 9.85. The molecule has 3 heteroatoms. The number of amidine groups is 1. The lowest BCUT2D eigenvalue weighted by Crippen LogP contribution is -2.30. The molecule has 1 fully saturated rings. The number of ether oxygens (including phenoxy) is 1. The van der Waals surface area contributed by atoms with E-state index in [1.807, 2.05) is 24.3 Å². The summed E-state index contributed by atoms with van der Waals surface area (Å²) in [5.74, 6) is 1.60. The molecule has 2 unspecified atom stereocenters. The van der Waals surface area contributed by atoms with Gasteiger partial charge >= 0.3 is 0 Å². The Hall–Kier alpha value is -1.51. The minimum atomic E-state index is 0.0936. The van der Waals surface area contributed by atoms with E-state index in [0.717, 1.165) is 17.7 Å². The molecule has 0 aliphatic heterocycles. The van der Waals surface area contributed by atoms with Crippen LogP contribution in [0.25, 0.3) is 0 Å². The summed E-state index contributed by atoms with van der Waals surface area (Å²) in [4.78, 5) is 0. The average Bonchev–Trinajstić information content (AvgIpc) is 2.39. The predicted molar refractivity (Wildman–Crippen MR) is 74.1 cm³/mol. The number of benzene rings is 1. The van der Waals surface area contributed by atoms with Gasteiger partial charge in [0.15, 0.2) is 0 Å². The minimum Gasteiger partial charge on any atom is -0.490 e. The molecular weight excluding hydrogens is 224 g/mol. The zero-order chi connectivity index (χ0) is 13.0. The summed E-state index contributed by atoms with van der Waals surface area (Å²) in [6.07, 6.45) is 6.50. The number of hydrogen-bond donors (Lipinski definition) is 2. The highest BCUT2D eigenvalue weighted by atomic mass is 16.5. The highest BCUT2D eigenvalue weighted by Crippen LogP contribution is 2.30. The maximum absolute atomic E-state index is 7.45. The van der Waals surface area contributed by atoms with E-state index in [1.54, 1.807) is 0 Å². The van der Waals surface area contributed by atoms with Gasteiger partial charge in [0.1, 0.15) is 17.7 Å². The summed E-state index contributed by atoms with van der Waals surface area (Å²) >= 11 is 0. The number of rotatable bonds is 4. The average molecular weight is 246 g/mol. The quantitative estimate of drug-likeness (QED) is 0.632. The van der Waals surface area contributed by atoms with Crippen LogP contribution in [0.4, 0.5) is 0 Å². The van der Waals surface area contributed by atoms with Gasteiger partial charge in [0.05, 0.1) is 0 Å². The molecule has 1 aliphatic rings. The van der Waals surface area contributed by atoms with Crippen molar-refractivity contribution in [2.24, 2.45) is 11.7 Å². The van der Waals surface area contributed by atoms with Crippen molar-refractivity contribution in [3.05, 3.63) is 29.8 Å². The third-order valence-corrected chi connectivity index (χ3v) is 3.80. The van der Waals surface area contributed by atoms with Crippen molar-refractivity contribution in [2.75, 3.05) is 0 Å². The molecule has 1 saturated carbocycles. The van der Waals surface area contributed by atoms with Gasteiger partial charge < -0.3 is 10.5 Å². The second-order valence-corrected chi connectivity index (χ2v) is 5.05. The topological polar surface area (TPSA) is 59.1 Å². The molecule has 18 heavy (non-hydrogen) atoms. The monoisotopic (exact) mass is 246 g/mol. The Morgan fingerprint density at radius 1 is 1.39 bits per heavy atom. The molecule has 0 saturated heterocycles. The maximum Gasteiger partial charge on any atom is 0.122 e. The van der Waals surface area contributed by atoms with Crippen LogP contribution in [0.5, 0.6) is 5.75 Å². The molecular formula is C15H22N2O. The van der Waals surface area contributed by atoms with E-state index in [2.05, 4.69) is 6.92 Å². The molecule has 1 aromatic carbocycles. The molecule has 1 aromatic rings. The lowest BCUT2D eigenvalue weighted by molar-refractivity contribution is 0.0904. The first-order valence-corrected chi connectivity index (χ1v) is 6.82. The van der Waals surface area contributed by atoms with Gasteiger partial charge in [0.25, 0.3) is 0 Å². The molecule has 98 valence electrons. The van der Waals surface area contributed by atoms with E-state index < -0.39 is 0 Å². The first-order chi connectivity index (χ1) is 8.70. The number of nitrogens with two attached hydrogens (primary N) is 1. The van der Waals surface area contributed by atoms with Crippen LogP contribution in [0, 0.1) is 11.3 Å². The van der Waals surface area contributed by atoms with Gasteiger partial charge in [-0.15, -0.1) is 0 Å². The maximum atomic E-state index is 7.45. The number of hydrogen-bond acceptors (Lipinski definition) is 2. The Kier molecular flexibility index (Phi) is 4.24. The zero-order valence-corrected chi connectivity index (χ0v) is 11.0. The Morgan fingerprint density at radius 3 is 2.89 bits per heavy atom. The summed E-state index contributed by atoms with van der Waals surface area (Å²) < 4.78 is 6.10. The molecule has 1 aliphatic carbocycles. The highest BCUT2D eigenvalue weighted by Gasteiger charge is 2.25. The Morgan fingerprint density at radius 2 is 2.17 bits per heavy atom. The van der Waals surface area contributed by atoms with E-state index in [1.165, 1.54) is 25.7 Å². The summed E-state index contributed by atoms with van der Waals surface area (Å²) in [6.45, 7) is 2.23. The first-order valence-electron chi connectivity index (χ1n) is 6.82. The van der Waals surface area contributed by atoms with Gasteiger partial charge in [-0.05, 0) is 43.7 Å². The normalized spacial score (nSPS) is 23.6. The van der Waals surface area contributed by atoms with E-state index in [-0.39, 0.29) is 5.84 Å². The van der Waals surface area contributed by atoms with Crippen molar-refractivity contribution < 1.29 is 4.74 Å². The standard InChI is InChI=1S/C15H22N2O/c1-2-11-6-3-4-9-14(11)18-13-8-5-7-12(10-13)15(16)17/h5,7-8,10-11,14H,2-4,6,9H2,1H3,(H3,16,17). The fourth-order valence-corrected chi connectivity index (χ4v) is 2.71. The fraction of sp³-hybridized carbons (Fsp3) is 0.533. The molecule has 0 heterocycles. The molecule has 0 aromatic heterocycles. The Bertz CT molecular complexity index is 417. The first kappa shape index (κ1) is 12.9. The van der Waals surface area contributed by atoms with Gasteiger partial charge in [0.2, 0.25) is 0 Å². The van der Waals surface area contributed by atoms with Gasteiger partial charge in [0, 0.05) is 5.56 Å². The van der Waals surface area contributed by atoms with Gasteiger partial charge in [-0.25, -0.2) is 0 Å². The van der Waals surface area contributed by atoms with Crippen molar-refractivity contribution in [1.29, 1.82) is 5.41 Å². The van der Waals surface area contributed by atoms with Crippen molar-refractivity contribution in [3.8, 4) is 5.75 Å². The summed E-state index contributed by atoms with van der Waals surface area (Å²) in [7, 11) is 0. The third-order valence-electron chi connectivity index (χ3n) is 3.80. The highest BCUT2D eigenvalue weighted by molar-refractivity contribution is 5.95.